The van der Waals surface area contributed by atoms with Crippen molar-refractivity contribution < 1.29 is 4.79 Å². The molecule has 0 spiro atoms. The van der Waals surface area contributed by atoms with E-state index >= 15 is 0 Å². The molecule has 1 aromatic heterocycles. The summed E-state index contributed by atoms with van der Waals surface area (Å²) in [7, 11) is 4.10. The van der Waals surface area contributed by atoms with Crippen molar-refractivity contribution in [3.8, 4) is 0 Å². The van der Waals surface area contributed by atoms with Crippen LogP contribution in [0.4, 0.5) is 5.95 Å². The van der Waals surface area contributed by atoms with Crippen molar-refractivity contribution in [3.05, 3.63) is 18.0 Å². The van der Waals surface area contributed by atoms with Gasteiger partial charge in [0.05, 0.1) is 0 Å². The monoisotopic (exact) mass is 320 g/mol. The highest BCUT2D eigenvalue weighted by atomic mass is 16.2. The SMILES string of the molecule is CCN1CCN(C(=O)c2ccnc(NCCCN(C)C)n2)CC1. The predicted octanol–water partition coefficient (Wildman–Crippen LogP) is 0.618. The van der Waals surface area contributed by atoms with Gasteiger partial charge in [-0.05, 0) is 39.7 Å². The zero-order valence-electron chi connectivity index (χ0n) is 14.5. The van der Waals surface area contributed by atoms with Gasteiger partial charge in [-0.1, -0.05) is 6.92 Å². The number of carbonyl (C=O) groups excluding carboxylic acids is 1. The van der Waals surface area contributed by atoms with Crippen molar-refractivity contribution in [3.63, 3.8) is 0 Å². The Kier molecular flexibility index (Phi) is 6.73. The number of piperazine rings is 1. The number of hydrogen-bond acceptors (Lipinski definition) is 6. The molecule has 0 aromatic carbocycles. The van der Waals surface area contributed by atoms with E-state index in [0.717, 1.165) is 52.2 Å². The summed E-state index contributed by atoms with van der Waals surface area (Å²) in [5, 5.41) is 3.19. The first kappa shape index (κ1) is 17.6. The first-order valence-electron chi connectivity index (χ1n) is 8.33. The summed E-state index contributed by atoms with van der Waals surface area (Å²) in [4.78, 5) is 27.5. The second kappa shape index (κ2) is 8.79. The maximum Gasteiger partial charge on any atom is 0.272 e. The molecular weight excluding hydrogens is 292 g/mol. The molecule has 0 unspecified atom stereocenters. The molecule has 128 valence electrons. The molecule has 1 amide bonds. The van der Waals surface area contributed by atoms with Crippen molar-refractivity contribution in [2.75, 3.05) is 65.2 Å². The summed E-state index contributed by atoms with van der Waals surface area (Å²) in [6, 6.07) is 1.69. The largest absolute Gasteiger partial charge is 0.354 e. The van der Waals surface area contributed by atoms with Crippen LogP contribution < -0.4 is 5.32 Å². The second-order valence-corrected chi connectivity index (χ2v) is 6.08. The van der Waals surface area contributed by atoms with Crippen LogP contribution in [0.3, 0.4) is 0 Å². The molecule has 23 heavy (non-hydrogen) atoms. The van der Waals surface area contributed by atoms with Crippen LogP contribution in [-0.2, 0) is 0 Å². The van der Waals surface area contributed by atoms with Gasteiger partial charge in [0.2, 0.25) is 5.95 Å². The summed E-state index contributed by atoms with van der Waals surface area (Å²) >= 11 is 0. The van der Waals surface area contributed by atoms with Gasteiger partial charge in [-0.3, -0.25) is 4.79 Å². The Labute approximate surface area is 138 Å². The summed E-state index contributed by atoms with van der Waals surface area (Å²) in [6.45, 7) is 8.39. The number of carbonyl (C=O) groups is 1. The number of amides is 1. The Morgan fingerprint density at radius 3 is 2.70 bits per heavy atom. The molecule has 1 aliphatic rings. The minimum atomic E-state index is -0.000468. The smallest absolute Gasteiger partial charge is 0.272 e. The quantitative estimate of drug-likeness (QED) is 0.743. The molecule has 7 heteroatoms. The van der Waals surface area contributed by atoms with Crippen LogP contribution in [0.1, 0.15) is 23.8 Å². The van der Waals surface area contributed by atoms with E-state index in [0.29, 0.717) is 11.6 Å². The van der Waals surface area contributed by atoms with Gasteiger partial charge in [0.25, 0.3) is 5.91 Å². The fourth-order valence-electron chi connectivity index (χ4n) is 2.59. The van der Waals surface area contributed by atoms with E-state index < -0.39 is 0 Å². The summed E-state index contributed by atoms with van der Waals surface area (Å²) in [6.07, 6.45) is 2.66. The fourth-order valence-corrected chi connectivity index (χ4v) is 2.59. The average molecular weight is 320 g/mol. The molecule has 7 nitrogen and oxygen atoms in total. The lowest BCUT2D eigenvalue weighted by molar-refractivity contribution is 0.0637. The third-order valence-electron chi connectivity index (χ3n) is 4.05. The molecule has 0 bridgehead atoms. The van der Waals surface area contributed by atoms with Gasteiger partial charge in [0.15, 0.2) is 0 Å². The van der Waals surface area contributed by atoms with E-state index in [2.05, 4.69) is 32.0 Å². The lowest BCUT2D eigenvalue weighted by Crippen LogP contribution is -2.48. The van der Waals surface area contributed by atoms with E-state index in [1.807, 2.05) is 19.0 Å². The van der Waals surface area contributed by atoms with Crippen molar-refractivity contribution in [2.24, 2.45) is 0 Å². The van der Waals surface area contributed by atoms with Gasteiger partial charge in [-0.25, -0.2) is 9.97 Å². The van der Waals surface area contributed by atoms with Gasteiger partial charge >= 0.3 is 0 Å². The van der Waals surface area contributed by atoms with Crippen LogP contribution in [-0.4, -0.2) is 90.5 Å². The third kappa shape index (κ3) is 5.44. The fraction of sp³-hybridized carbons (Fsp3) is 0.688. The number of nitrogens with one attached hydrogen (secondary N) is 1. The van der Waals surface area contributed by atoms with Crippen LogP contribution >= 0.6 is 0 Å². The predicted molar refractivity (Wildman–Crippen MR) is 91.7 cm³/mol. The van der Waals surface area contributed by atoms with Gasteiger partial charge in [-0.15, -0.1) is 0 Å². The zero-order chi connectivity index (χ0) is 16.7. The van der Waals surface area contributed by atoms with Crippen molar-refractivity contribution in [1.82, 2.24) is 24.7 Å². The Hall–Kier alpha value is -1.73. The third-order valence-corrected chi connectivity index (χ3v) is 4.05. The van der Waals surface area contributed by atoms with Gasteiger partial charge in [0.1, 0.15) is 5.69 Å². The first-order chi connectivity index (χ1) is 11.1. The molecule has 2 rings (SSSR count). The Morgan fingerprint density at radius 2 is 2.04 bits per heavy atom. The summed E-state index contributed by atoms with van der Waals surface area (Å²) in [5.74, 6) is 0.529. The maximum absolute atomic E-state index is 12.5. The Bertz CT molecular complexity index is 499. The average Bonchev–Trinajstić information content (AvgIpc) is 2.58. The molecular formula is C16H28N6O. The van der Waals surface area contributed by atoms with Crippen LogP contribution in [0, 0.1) is 0 Å². The number of likely N-dealkylation sites (N-methyl/N-ethyl adjacent to an activating group) is 1. The van der Waals surface area contributed by atoms with Gasteiger partial charge in [0, 0.05) is 38.9 Å². The van der Waals surface area contributed by atoms with E-state index in [1.54, 1.807) is 12.3 Å². The van der Waals surface area contributed by atoms with Crippen molar-refractivity contribution in [2.45, 2.75) is 13.3 Å². The van der Waals surface area contributed by atoms with Crippen LogP contribution in [0.5, 0.6) is 0 Å². The number of aromatic nitrogens is 2. The molecule has 1 aromatic rings. The highest BCUT2D eigenvalue weighted by molar-refractivity contribution is 5.92. The van der Waals surface area contributed by atoms with Crippen LogP contribution in [0.15, 0.2) is 12.3 Å². The first-order valence-corrected chi connectivity index (χ1v) is 8.33. The minimum absolute atomic E-state index is 0.000468. The molecule has 0 saturated carbocycles. The molecule has 2 heterocycles. The lowest BCUT2D eigenvalue weighted by Gasteiger charge is -2.33. The topological polar surface area (TPSA) is 64.6 Å². The normalized spacial score (nSPS) is 15.9. The molecule has 0 atom stereocenters. The van der Waals surface area contributed by atoms with Crippen LogP contribution in [0.2, 0.25) is 0 Å². The Morgan fingerprint density at radius 1 is 1.30 bits per heavy atom. The number of nitrogens with zero attached hydrogens (tertiary/aromatic N) is 5. The zero-order valence-corrected chi connectivity index (χ0v) is 14.5. The Balaban J connectivity index is 1.87. The molecule has 0 aliphatic carbocycles. The second-order valence-electron chi connectivity index (χ2n) is 6.08. The van der Waals surface area contributed by atoms with Crippen LogP contribution in [0.25, 0.3) is 0 Å². The number of rotatable bonds is 7. The van der Waals surface area contributed by atoms with E-state index in [-0.39, 0.29) is 5.91 Å². The van der Waals surface area contributed by atoms with E-state index in [4.69, 9.17) is 0 Å². The molecule has 1 saturated heterocycles. The van der Waals surface area contributed by atoms with Gasteiger partial charge in [-0.2, -0.15) is 0 Å². The highest BCUT2D eigenvalue weighted by Crippen LogP contribution is 2.08. The van der Waals surface area contributed by atoms with Crippen molar-refractivity contribution >= 4 is 11.9 Å². The number of hydrogen-bond donors (Lipinski definition) is 1. The summed E-state index contributed by atoms with van der Waals surface area (Å²) in [5.41, 5.74) is 0.472. The minimum Gasteiger partial charge on any atom is -0.354 e. The highest BCUT2D eigenvalue weighted by Gasteiger charge is 2.22. The lowest BCUT2D eigenvalue weighted by atomic mass is 10.2. The number of anilines is 1. The van der Waals surface area contributed by atoms with Gasteiger partial charge < -0.3 is 20.0 Å². The maximum atomic E-state index is 12.5. The standard InChI is InChI=1S/C16H28N6O/c1-4-21-10-12-22(13-11-21)15(23)14-6-8-18-16(19-14)17-7-5-9-20(2)3/h6,8H,4-5,7,9-13H2,1-3H3,(H,17,18,19). The molecule has 1 N–H and O–H groups in total. The van der Waals surface area contributed by atoms with Crippen molar-refractivity contribution in [1.29, 1.82) is 0 Å². The molecule has 1 aliphatic heterocycles. The van der Waals surface area contributed by atoms with E-state index in [1.165, 1.54) is 0 Å². The van der Waals surface area contributed by atoms with E-state index in [9.17, 15) is 4.79 Å². The molecule has 1 fully saturated rings. The summed E-state index contributed by atoms with van der Waals surface area (Å²) < 4.78 is 0. The molecule has 0 radical (unpaired) electrons.